The van der Waals surface area contributed by atoms with Gasteiger partial charge in [0.2, 0.25) is 0 Å². The van der Waals surface area contributed by atoms with Crippen molar-refractivity contribution in [2.45, 2.75) is 19.8 Å². The van der Waals surface area contributed by atoms with Crippen LogP contribution in [-0.2, 0) is 4.79 Å². The van der Waals surface area contributed by atoms with E-state index in [1.54, 1.807) is 31.2 Å². The standard InChI is InChI=1S/C27H22N4OS/c1-20(32)33-15-5-4-13-31-14-12-23(26-6-2-3-7-27(26)31)16-24(17-28)21-8-10-22(11-9-21)25(18-29)19-30/h2-3,6-12,14,16H,4-5,13,15H2,1H3/b23-16-. The fourth-order valence-corrected chi connectivity index (χ4v) is 4.17. The number of unbranched alkanes of at least 4 members (excludes halogenated alkanes) is 1. The number of rotatable bonds is 6. The first-order valence-corrected chi connectivity index (χ1v) is 11.5. The van der Waals surface area contributed by atoms with Crippen LogP contribution in [-0.4, -0.2) is 17.4 Å². The van der Waals surface area contributed by atoms with E-state index in [2.05, 4.69) is 17.0 Å². The highest BCUT2D eigenvalue weighted by atomic mass is 32.2. The molecule has 5 nitrogen and oxygen atoms in total. The van der Waals surface area contributed by atoms with Gasteiger partial charge in [0.05, 0.1) is 11.6 Å². The number of fused-ring (bicyclic) bond motifs is 1. The van der Waals surface area contributed by atoms with Gasteiger partial charge in [-0.2, -0.15) is 15.8 Å². The molecule has 162 valence electrons. The summed E-state index contributed by atoms with van der Waals surface area (Å²) >= 11 is 1.36. The summed E-state index contributed by atoms with van der Waals surface area (Å²) in [7, 11) is 0. The molecule has 3 rings (SSSR count). The fraction of sp³-hybridized carbons (Fsp3) is 0.185. The van der Waals surface area contributed by atoms with Gasteiger partial charge < -0.3 is 4.90 Å². The second-order valence-electron chi connectivity index (χ2n) is 7.37. The molecule has 0 spiro atoms. The number of hydrogen-bond donors (Lipinski definition) is 0. The van der Waals surface area contributed by atoms with Crippen LogP contribution in [0.15, 0.2) is 66.9 Å². The molecule has 0 N–H and O–H groups in total. The number of anilines is 1. The Balaban J connectivity index is 1.90. The van der Waals surface area contributed by atoms with Crippen LogP contribution in [0, 0.1) is 34.0 Å². The van der Waals surface area contributed by atoms with E-state index >= 15 is 0 Å². The quantitative estimate of drug-likeness (QED) is 0.617. The zero-order chi connectivity index (χ0) is 23.6. The maximum absolute atomic E-state index is 11.1. The molecule has 1 heterocycles. The molecule has 0 aromatic heterocycles. The highest BCUT2D eigenvalue weighted by Crippen LogP contribution is 2.33. The first-order chi connectivity index (χ1) is 16.1. The Bertz CT molecular complexity index is 1330. The van der Waals surface area contributed by atoms with E-state index in [-0.39, 0.29) is 10.7 Å². The zero-order valence-electron chi connectivity index (χ0n) is 18.3. The molecule has 0 unspecified atom stereocenters. The predicted octanol–water partition coefficient (Wildman–Crippen LogP) is 4.04. The average molecular weight is 451 g/mol. The average Bonchev–Trinajstić information content (AvgIpc) is 2.84. The summed E-state index contributed by atoms with van der Waals surface area (Å²) in [5.41, 5.74) is 3.62. The van der Waals surface area contributed by atoms with Crippen LogP contribution in [0.2, 0.25) is 0 Å². The second-order valence-corrected chi connectivity index (χ2v) is 8.65. The van der Waals surface area contributed by atoms with Crippen LogP contribution in [0.4, 0.5) is 5.69 Å². The van der Waals surface area contributed by atoms with Gasteiger partial charge in [0, 0.05) is 41.9 Å². The third-order valence-electron chi connectivity index (χ3n) is 5.19. The highest BCUT2D eigenvalue weighted by molar-refractivity contribution is 8.13. The first kappa shape index (κ1) is 23.6. The number of carbonyl (C=O) groups excluding carboxylic acids is 1. The predicted molar refractivity (Wildman–Crippen MR) is 133 cm³/mol. The van der Waals surface area contributed by atoms with E-state index < -0.39 is 0 Å². The Morgan fingerprint density at radius 1 is 0.970 bits per heavy atom. The summed E-state index contributed by atoms with van der Waals surface area (Å²) < 4.78 is 0. The third-order valence-corrected chi connectivity index (χ3v) is 6.09. The van der Waals surface area contributed by atoms with Crippen LogP contribution in [0.3, 0.4) is 0 Å². The fourth-order valence-electron chi connectivity index (χ4n) is 3.54. The van der Waals surface area contributed by atoms with Gasteiger partial charge >= 0.3 is 0 Å². The van der Waals surface area contributed by atoms with Crippen LogP contribution < -0.4 is 15.3 Å². The molecule has 6 heteroatoms. The van der Waals surface area contributed by atoms with Crippen molar-refractivity contribution in [2.75, 3.05) is 17.2 Å². The molecule has 0 amide bonds. The molecule has 0 saturated heterocycles. The second kappa shape index (κ2) is 11.5. The molecular weight excluding hydrogens is 428 g/mol. The largest absolute Gasteiger partial charge is 0.347 e. The van der Waals surface area contributed by atoms with Crippen molar-refractivity contribution in [3.05, 3.63) is 82.9 Å². The molecule has 0 aliphatic carbocycles. The van der Waals surface area contributed by atoms with E-state index in [0.717, 1.165) is 47.2 Å². The Labute approximate surface area is 197 Å². The number of nitrogens with zero attached hydrogens (tertiary/aromatic N) is 4. The molecule has 0 atom stereocenters. The lowest BCUT2D eigenvalue weighted by atomic mass is 9.97. The van der Waals surface area contributed by atoms with Gasteiger partial charge in [0.25, 0.3) is 0 Å². The molecular formula is C27H22N4OS. The number of hydrogen-bond acceptors (Lipinski definition) is 6. The molecule has 2 aromatic carbocycles. The molecule has 1 aliphatic heterocycles. The number of carbonyl (C=O) groups is 1. The van der Waals surface area contributed by atoms with Crippen LogP contribution in [0.25, 0.3) is 16.7 Å². The summed E-state index contributed by atoms with van der Waals surface area (Å²) in [4.78, 5) is 13.3. The van der Waals surface area contributed by atoms with Crippen molar-refractivity contribution in [3.8, 4) is 18.2 Å². The number of para-hydroxylation sites is 1. The van der Waals surface area contributed by atoms with E-state index in [1.165, 1.54) is 11.8 Å². The first-order valence-electron chi connectivity index (χ1n) is 10.5. The lowest BCUT2D eigenvalue weighted by Gasteiger charge is -2.27. The van der Waals surface area contributed by atoms with Crippen LogP contribution >= 0.6 is 11.8 Å². The van der Waals surface area contributed by atoms with Gasteiger partial charge in [-0.15, -0.1) is 0 Å². The minimum Gasteiger partial charge on any atom is -0.347 e. The van der Waals surface area contributed by atoms with E-state index in [1.807, 2.05) is 48.7 Å². The van der Waals surface area contributed by atoms with Gasteiger partial charge in [0.1, 0.15) is 17.7 Å². The highest BCUT2D eigenvalue weighted by Gasteiger charge is 2.16. The molecule has 0 saturated carbocycles. The topological polar surface area (TPSA) is 91.7 Å². The van der Waals surface area contributed by atoms with Crippen molar-refractivity contribution in [1.82, 2.24) is 0 Å². The van der Waals surface area contributed by atoms with E-state index in [9.17, 15) is 10.1 Å². The Kier molecular flexibility index (Phi) is 8.25. The molecule has 0 bridgehead atoms. The maximum Gasteiger partial charge on any atom is 0.185 e. The minimum absolute atomic E-state index is 0.0440. The monoisotopic (exact) mass is 450 g/mol. The van der Waals surface area contributed by atoms with Gasteiger partial charge in [-0.1, -0.05) is 54.2 Å². The molecule has 0 radical (unpaired) electrons. The van der Waals surface area contributed by atoms with Gasteiger partial charge in [0.15, 0.2) is 5.12 Å². The normalized spacial score (nSPS) is 12.9. The molecule has 2 aromatic rings. The Hall–Kier alpha value is -4.05. The lowest BCUT2D eigenvalue weighted by molar-refractivity contribution is -0.109. The van der Waals surface area contributed by atoms with Crippen molar-refractivity contribution >= 4 is 39.3 Å². The smallest absolute Gasteiger partial charge is 0.185 e. The lowest BCUT2D eigenvalue weighted by Crippen LogP contribution is -2.21. The number of nitriles is 3. The Morgan fingerprint density at radius 3 is 2.33 bits per heavy atom. The number of thioether (sulfide) groups is 1. The SMILES string of the molecule is CC(=O)SCCCCN1C=C/C(=C/C(C#N)=c2ccc(=C(C#N)C#N)cc2)c2ccccc21. The summed E-state index contributed by atoms with van der Waals surface area (Å²) in [6.07, 6.45) is 7.86. The number of allylic oxidation sites excluding steroid dienone is 3. The zero-order valence-corrected chi connectivity index (χ0v) is 19.1. The van der Waals surface area contributed by atoms with Gasteiger partial charge in [-0.25, -0.2) is 0 Å². The maximum atomic E-state index is 11.1. The minimum atomic E-state index is 0.0440. The molecule has 0 fully saturated rings. The number of benzene rings is 2. The van der Waals surface area contributed by atoms with Crippen LogP contribution in [0.1, 0.15) is 25.3 Å². The summed E-state index contributed by atoms with van der Waals surface area (Å²) in [6, 6.07) is 21.0. The van der Waals surface area contributed by atoms with Crippen molar-refractivity contribution in [3.63, 3.8) is 0 Å². The molecule has 1 aliphatic rings. The Morgan fingerprint density at radius 2 is 1.67 bits per heavy atom. The molecule has 33 heavy (non-hydrogen) atoms. The summed E-state index contributed by atoms with van der Waals surface area (Å²) in [5.74, 6) is 0.834. The summed E-state index contributed by atoms with van der Waals surface area (Å²) in [6.45, 7) is 2.45. The van der Waals surface area contributed by atoms with Gasteiger partial charge in [-0.05, 0) is 41.9 Å². The third kappa shape index (κ3) is 6.01. The van der Waals surface area contributed by atoms with Crippen molar-refractivity contribution in [2.24, 2.45) is 0 Å². The van der Waals surface area contributed by atoms with Crippen molar-refractivity contribution < 1.29 is 4.79 Å². The van der Waals surface area contributed by atoms with Crippen LogP contribution in [0.5, 0.6) is 0 Å². The van der Waals surface area contributed by atoms with Gasteiger partial charge in [-0.3, -0.25) is 4.79 Å². The van der Waals surface area contributed by atoms with E-state index in [0.29, 0.717) is 10.8 Å². The van der Waals surface area contributed by atoms with E-state index in [4.69, 9.17) is 10.5 Å². The van der Waals surface area contributed by atoms with Crippen molar-refractivity contribution in [1.29, 1.82) is 15.8 Å². The summed E-state index contributed by atoms with van der Waals surface area (Å²) in [5, 5.41) is 29.3.